The Kier molecular flexibility index (Phi) is 7.53. The van der Waals surface area contributed by atoms with Crippen LogP contribution < -0.4 is 9.64 Å². The number of benzene rings is 10. The summed E-state index contributed by atoms with van der Waals surface area (Å²) in [6.45, 7) is 0. The van der Waals surface area contributed by atoms with Crippen molar-refractivity contribution in [2.45, 2.75) is 0 Å². The molecule has 0 atom stereocenters. The molecule has 0 fully saturated rings. The Labute approximate surface area is 326 Å². The number of hydrogen-bond acceptors (Lipinski definition) is 2. The third-order valence-corrected chi connectivity index (χ3v) is 11.2. The standard InChI is InChI=1S/C54H35NO/c1-2-14-37(15-3-1)44-26-9-18-38-19-10-27-46(53(38)44)45-25-6-7-29-50(45)55(49-30-12-17-36-16-4-5-24-43(36)49)42-23-8-22-40(34-42)41-32-33-51-48(35-41)47-28-11-20-39-21-13-31-52(56-51)54(39)47/h1-35H. The lowest BCUT2D eigenvalue weighted by atomic mass is 9.90. The fourth-order valence-electron chi connectivity index (χ4n) is 8.70. The molecule has 0 N–H and O–H groups in total. The molecule has 1 aliphatic heterocycles. The molecule has 0 aromatic heterocycles. The molecular weight excluding hydrogens is 679 g/mol. The Balaban J connectivity index is 1.12. The zero-order valence-electron chi connectivity index (χ0n) is 30.6. The maximum atomic E-state index is 6.47. The van der Waals surface area contributed by atoms with Crippen LogP contribution in [0.25, 0.3) is 76.8 Å². The Hall–Kier alpha value is -7.42. The van der Waals surface area contributed by atoms with Crippen LogP contribution >= 0.6 is 0 Å². The van der Waals surface area contributed by atoms with Gasteiger partial charge < -0.3 is 9.64 Å². The molecule has 0 bridgehead atoms. The summed E-state index contributed by atoms with van der Waals surface area (Å²) >= 11 is 0. The molecule has 0 amide bonds. The van der Waals surface area contributed by atoms with Gasteiger partial charge in [0.2, 0.25) is 0 Å². The maximum absolute atomic E-state index is 6.47. The largest absolute Gasteiger partial charge is 0.456 e. The van der Waals surface area contributed by atoms with Crippen LogP contribution in [0.15, 0.2) is 212 Å². The van der Waals surface area contributed by atoms with E-state index in [0.717, 1.165) is 56.2 Å². The predicted molar refractivity (Wildman–Crippen MR) is 235 cm³/mol. The lowest BCUT2D eigenvalue weighted by Crippen LogP contribution is -2.12. The van der Waals surface area contributed by atoms with Gasteiger partial charge in [0.25, 0.3) is 0 Å². The molecule has 0 saturated heterocycles. The number of rotatable bonds is 6. The van der Waals surface area contributed by atoms with Gasteiger partial charge in [0, 0.05) is 27.6 Å². The highest BCUT2D eigenvalue weighted by atomic mass is 16.5. The normalized spacial score (nSPS) is 11.7. The van der Waals surface area contributed by atoms with Gasteiger partial charge in [-0.3, -0.25) is 0 Å². The second-order valence-corrected chi connectivity index (χ2v) is 14.4. The average Bonchev–Trinajstić information content (AvgIpc) is 3.27. The van der Waals surface area contributed by atoms with E-state index >= 15 is 0 Å². The minimum absolute atomic E-state index is 0.882. The Morgan fingerprint density at radius 3 is 1.73 bits per heavy atom. The Bertz CT molecular complexity index is 3110. The van der Waals surface area contributed by atoms with Gasteiger partial charge >= 0.3 is 0 Å². The fourth-order valence-corrected chi connectivity index (χ4v) is 8.70. The van der Waals surface area contributed by atoms with Crippen LogP contribution in [0, 0.1) is 0 Å². The summed E-state index contributed by atoms with van der Waals surface area (Å²) in [4.78, 5) is 2.45. The van der Waals surface area contributed by atoms with E-state index in [9.17, 15) is 0 Å². The van der Waals surface area contributed by atoms with Crippen LogP contribution in [0.2, 0.25) is 0 Å². The van der Waals surface area contributed by atoms with Crippen molar-refractivity contribution < 1.29 is 4.74 Å². The summed E-state index contributed by atoms with van der Waals surface area (Å²) in [5.74, 6) is 1.79. The van der Waals surface area contributed by atoms with Crippen LogP contribution in [0.5, 0.6) is 11.5 Å². The zero-order valence-corrected chi connectivity index (χ0v) is 30.6. The van der Waals surface area contributed by atoms with Crippen LogP contribution in [-0.2, 0) is 0 Å². The second kappa shape index (κ2) is 13.2. The van der Waals surface area contributed by atoms with Crippen molar-refractivity contribution in [2.75, 3.05) is 4.90 Å². The summed E-state index contributed by atoms with van der Waals surface area (Å²) in [5, 5.41) is 7.20. The van der Waals surface area contributed by atoms with E-state index < -0.39 is 0 Å². The van der Waals surface area contributed by atoms with Gasteiger partial charge in [-0.1, -0.05) is 170 Å². The van der Waals surface area contributed by atoms with E-state index in [4.69, 9.17) is 4.74 Å². The molecular formula is C54H35NO. The van der Waals surface area contributed by atoms with E-state index in [1.54, 1.807) is 0 Å². The van der Waals surface area contributed by atoms with Crippen LogP contribution in [0.3, 0.4) is 0 Å². The summed E-state index contributed by atoms with van der Waals surface area (Å²) in [5.41, 5.74) is 12.7. The smallest absolute Gasteiger partial charge is 0.135 e. The molecule has 0 unspecified atom stereocenters. The monoisotopic (exact) mass is 713 g/mol. The van der Waals surface area contributed by atoms with Gasteiger partial charge in [-0.15, -0.1) is 0 Å². The minimum Gasteiger partial charge on any atom is -0.456 e. The zero-order chi connectivity index (χ0) is 37.0. The van der Waals surface area contributed by atoms with Crippen LogP contribution in [-0.4, -0.2) is 0 Å². The van der Waals surface area contributed by atoms with Gasteiger partial charge in [-0.25, -0.2) is 0 Å². The number of hydrogen-bond donors (Lipinski definition) is 0. The highest BCUT2D eigenvalue weighted by Gasteiger charge is 2.23. The van der Waals surface area contributed by atoms with Crippen molar-refractivity contribution in [3.05, 3.63) is 212 Å². The molecule has 0 saturated carbocycles. The minimum atomic E-state index is 0.882. The number of anilines is 3. The molecule has 10 aromatic carbocycles. The second-order valence-electron chi connectivity index (χ2n) is 14.4. The molecule has 262 valence electrons. The summed E-state index contributed by atoms with van der Waals surface area (Å²) in [6, 6.07) is 76.6. The number of nitrogens with zero attached hydrogens (tertiary/aromatic N) is 1. The first-order chi connectivity index (χ1) is 27.8. The quantitative estimate of drug-likeness (QED) is 0.170. The van der Waals surface area contributed by atoms with E-state index in [2.05, 4.69) is 217 Å². The summed E-state index contributed by atoms with van der Waals surface area (Å²) in [6.07, 6.45) is 0. The number of fused-ring (bicyclic) bond motifs is 4. The first-order valence-electron chi connectivity index (χ1n) is 19.2. The highest BCUT2D eigenvalue weighted by molar-refractivity contribution is 6.10. The molecule has 0 radical (unpaired) electrons. The van der Waals surface area contributed by atoms with Crippen LogP contribution in [0.1, 0.15) is 0 Å². The van der Waals surface area contributed by atoms with Crippen molar-refractivity contribution in [2.24, 2.45) is 0 Å². The average molecular weight is 714 g/mol. The topological polar surface area (TPSA) is 12.5 Å². The van der Waals surface area contributed by atoms with Gasteiger partial charge in [0.1, 0.15) is 11.5 Å². The fraction of sp³-hybridized carbons (Fsp3) is 0. The molecule has 2 heteroatoms. The lowest BCUT2D eigenvalue weighted by molar-refractivity contribution is 0.487. The third-order valence-electron chi connectivity index (χ3n) is 11.2. The molecule has 56 heavy (non-hydrogen) atoms. The van der Waals surface area contributed by atoms with Crippen molar-refractivity contribution in [1.29, 1.82) is 0 Å². The van der Waals surface area contributed by atoms with E-state index in [-0.39, 0.29) is 0 Å². The SMILES string of the molecule is c1ccc(-c2cccc3cccc(-c4ccccc4N(c4cccc(-c5ccc6c(c5)-c5cccc7cccc(c57)O6)c4)c4cccc5ccccc45)c23)cc1. The van der Waals surface area contributed by atoms with Gasteiger partial charge in [-0.2, -0.15) is 0 Å². The molecule has 0 aliphatic carbocycles. The lowest BCUT2D eigenvalue weighted by Gasteiger charge is -2.30. The molecule has 1 aliphatic rings. The number of para-hydroxylation sites is 1. The molecule has 2 nitrogen and oxygen atoms in total. The Morgan fingerprint density at radius 1 is 0.304 bits per heavy atom. The Morgan fingerprint density at radius 2 is 0.875 bits per heavy atom. The highest BCUT2D eigenvalue weighted by Crippen LogP contribution is 2.49. The molecule has 0 spiro atoms. The molecule has 1 heterocycles. The molecule has 10 aromatic rings. The van der Waals surface area contributed by atoms with E-state index in [0.29, 0.717) is 0 Å². The first-order valence-corrected chi connectivity index (χ1v) is 19.2. The summed E-state index contributed by atoms with van der Waals surface area (Å²) < 4.78 is 6.47. The van der Waals surface area contributed by atoms with Crippen molar-refractivity contribution in [1.82, 2.24) is 0 Å². The number of ether oxygens (including phenoxy) is 1. The van der Waals surface area contributed by atoms with Crippen molar-refractivity contribution in [3.63, 3.8) is 0 Å². The maximum Gasteiger partial charge on any atom is 0.135 e. The van der Waals surface area contributed by atoms with Crippen LogP contribution in [0.4, 0.5) is 17.1 Å². The first kappa shape index (κ1) is 32.0. The molecule has 11 rings (SSSR count). The van der Waals surface area contributed by atoms with Gasteiger partial charge in [0.05, 0.1) is 11.4 Å². The van der Waals surface area contributed by atoms with Crippen molar-refractivity contribution >= 4 is 49.4 Å². The van der Waals surface area contributed by atoms with Crippen molar-refractivity contribution in [3.8, 4) is 56.0 Å². The van der Waals surface area contributed by atoms with E-state index in [1.807, 2.05) is 0 Å². The van der Waals surface area contributed by atoms with E-state index in [1.165, 1.54) is 49.2 Å². The van der Waals surface area contributed by atoms with Gasteiger partial charge in [0.15, 0.2) is 0 Å². The predicted octanol–water partition coefficient (Wildman–Crippen LogP) is 15.4. The van der Waals surface area contributed by atoms with Gasteiger partial charge in [-0.05, 0) is 97.4 Å². The third kappa shape index (κ3) is 5.26. The summed E-state index contributed by atoms with van der Waals surface area (Å²) in [7, 11) is 0.